The summed E-state index contributed by atoms with van der Waals surface area (Å²) in [7, 11) is 0. The molecule has 0 unspecified atom stereocenters. The van der Waals surface area contributed by atoms with Crippen molar-refractivity contribution in [2.45, 2.75) is 27.2 Å². The summed E-state index contributed by atoms with van der Waals surface area (Å²) in [6.07, 6.45) is 2.30. The quantitative estimate of drug-likeness (QED) is 0.361. The van der Waals surface area contributed by atoms with Crippen LogP contribution in [0.25, 0.3) is 11.8 Å². The number of anilines is 1. The van der Waals surface area contributed by atoms with E-state index < -0.39 is 11.8 Å². The molecule has 4 rings (SSSR count). The molecular weight excluding hydrogens is 425 g/mol. The molecule has 5 nitrogen and oxygen atoms in total. The van der Waals surface area contributed by atoms with Crippen molar-refractivity contribution in [2.75, 3.05) is 4.90 Å². The minimum absolute atomic E-state index is 0.00358. The van der Waals surface area contributed by atoms with E-state index in [1.165, 1.54) is 17.0 Å². The second-order valence-electron chi connectivity index (χ2n) is 7.58. The van der Waals surface area contributed by atoms with Crippen molar-refractivity contribution in [1.29, 1.82) is 0 Å². The molecule has 0 atom stereocenters. The topological polar surface area (TPSA) is 54.3 Å². The van der Waals surface area contributed by atoms with Crippen LogP contribution in [0.4, 0.5) is 10.1 Å². The molecule has 0 radical (unpaired) electrons. The van der Waals surface area contributed by atoms with Gasteiger partial charge in [-0.3, -0.25) is 19.8 Å². The van der Waals surface area contributed by atoms with E-state index in [1.807, 2.05) is 55.7 Å². The third-order valence-electron chi connectivity index (χ3n) is 5.57. The summed E-state index contributed by atoms with van der Waals surface area (Å²) in [6, 6.07) is 15.5. The molecule has 1 saturated heterocycles. The zero-order valence-corrected chi connectivity index (χ0v) is 18.8. The summed E-state index contributed by atoms with van der Waals surface area (Å²) in [5.74, 6) is -1.31. The predicted molar refractivity (Wildman–Crippen MR) is 127 cm³/mol. The van der Waals surface area contributed by atoms with Crippen LogP contribution in [-0.4, -0.2) is 21.5 Å². The van der Waals surface area contributed by atoms with Crippen LogP contribution >= 0.6 is 12.2 Å². The Balaban J connectivity index is 1.77. The van der Waals surface area contributed by atoms with E-state index in [1.54, 1.807) is 18.2 Å². The van der Waals surface area contributed by atoms with E-state index in [9.17, 15) is 14.0 Å². The molecule has 0 saturated carbocycles. The van der Waals surface area contributed by atoms with Gasteiger partial charge < -0.3 is 4.57 Å². The highest BCUT2D eigenvalue weighted by molar-refractivity contribution is 7.80. The van der Waals surface area contributed by atoms with Crippen LogP contribution in [0, 0.1) is 19.7 Å². The van der Waals surface area contributed by atoms with E-state index in [4.69, 9.17) is 12.2 Å². The second kappa shape index (κ2) is 8.51. The molecule has 2 heterocycles. The van der Waals surface area contributed by atoms with Gasteiger partial charge >= 0.3 is 0 Å². The van der Waals surface area contributed by atoms with Crippen LogP contribution in [0.1, 0.15) is 29.4 Å². The molecule has 1 aliphatic heterocycles. The lowest BCUT2D eigenvalue weighted by atomic mass is 10.0. The Morgan fingerprint density at radius 2 is 1.75 bits per heavy atom. The Bertz CT molecular complexity index is 1270. The lowest BCUT2D eigenvalue weighted by molar-refractivity contribution is -0.122. The number of carbonyl (C=O) groups excluding carboxylic acids is 2. The third kappa shape index (κ3) is 3.76. The summed E-state index contributed by atoms with van der Waals surface area (Å²) >= 11 is 5.32. The first-order chi connectivity index (χ1) is 15.3. The molecule has 1 fully saturated rings. The standard InChI is InChI=1S/C25H22FN3O2S/c1-4-17-7-5-6-8-22(17)29-24(31)21(23(30)27-25(29)32)14-18-13-15(2)28(16(18)3)20-11-9-19(26)10-12-20/h5-14H,4H2,1-3H3,(H,27,30,32)/b21-14+. The van der Waals surface area contributed by atoms with Gasteiger partial charge in [0.1, 0.15) is 11.4 Å². The Hall–Kier alpha value is -3.58. The van der Waals surface area contributed by atoms with Crippen molar-refractivity contribution < 1.29 is 14.0 Å². The molecule has 0 bridgehead atoms. The molecule has 0 spiro atoms. The van der Waals surface area contributed by atoms with Crippen molar-refractivity contribution in [3.05, 3.63) is 88.5 Å². The van der Waals surface area contributed by atoms with Gasteiger partial charge in [0.15, 0.2) is 5.11 Å². The van der Waals surface area contributed by atoms with E-state index >= 15 is 0 Å². The van der Waals surface area contributed by atoms with Crippen LogP contribution in [0.2, 0.25) is 0 Å². The zero-order valence-electron chi connectivity index (χ0n) is 18.0. The molecule has 2 aromatic carbocycles. The van der Waals surface area contributed by atoms with Crippen LogP contribution in [0.3, 0.4) is 0 Å². The number of nitrogens with zero attached hydrogens (tertiary/aromatic N) is 2. The average molecular weight is 448 g/mol. The Morgan fingerprint density at radius 1 is 1.06 bits per heavy atom. The van der Waals surface area contributed by atoms with Crippen molar-refractivity contribution in [1.82, 2.24) is 9.88 Å². The minimum Gasteiger partial charge on any atom is -0.318 e. The van der Waals surface area contributed by atoms with Crippen LogP contribution in [0.15, 0.2) is 60.2 Å². The molecule has 162 valence electrons. The summed E-state index contributed by atoms with van der Waals surface area (Å²) in [5, 5.41) is 2.70. The highest BCUT2D eigenvalue weighted by atomic mass is 32.1. The van der Waals surface area contributed by atoms with Crippen molar-refractivity contribution >= 4 is 40.9 Å². The van der Waals surface area contributed by atoms with E-state index in [0.717, 1.165) is 28.2 Å². The molecule has 7 heteroatoms. The van der Waals surface area contributed by atoms with Crippen molar-refractivity contribution in [3.63, 3.8) is 0 Å². The Morgan fingerprint density at radius 3 is 2.44 bits per heavy atom. The number of para-hydroxylation sites is 1. The fraction of sp³-hybridized carbons (Fsp3) is 0.160. The SMILES string of the molecule is CCc1ccccc1N1C(=O)/C(=C/c2cc(C)n(-c3ccc(F)cc3)c2C)C(=O)NC1=S. The number of benzene rings is 2. The number of halogens is 1. The first-order valence-electron chi connectivity index (χ1n) is 10.3. The zero-order chi connectivity index (χ0) is 23.0. The van der Waals surface area contributed by atoms with Crippen LogP contribution in [0.5, 0.6) is 0 Å². The fourth-order valence-electron chi connectivity index (χ4n) is 3.98. The molecule has 1 aromatic heterocycles. The molecule has 1 aliphatic rings. The van der Waals surface area contributed by atoms with Gasteiger partial charge in [0.05, 0.1) is 5.69 Å². The number of hydrogen-bond acceptors (Lipinski definition) is 3. The van der Waals surface area contributed by atoms with Gasteiger partial charge in [-0.2, -0.15) is 0 Å². The predicted octanol–water partition coefficient (Wildman–Crippen LogP) is 4.63. The molecule has 2 amide bonds. The number of aryl methyl sites for hydroxylation is 2. The summed E-state index contributed by atoms with van der Waals surface area (Å²) < 4.78 is 15.3. The molecule has 3 aromatic rings. The number of thiocarbonyl (C=S) groups is 1. The number of aromatic nitrogens is 1. The number of amides is 2. The summed E-state index contributed by atoms with van der Waals surface area (Å²) in [4.78, 5) is 27.5. The number of carbonyl (C=O) groups is 2. The molecule has 32 heavy (non-hydrogen) atoms. The van der Waals surface area contributed by atoms with Crippen molar-refractivity contribution in [2.24, 2.45) is 0 Å². The number of rotatable bonds is 4. The molecule has 0 aliphatic carbocycles. The summed E-state index contributed by atoms with van der Waals surface area (Å²) in [5.41, 5.74) is 4.86. The van der Waals surface area contributed by atoms with Gasteiger partial charge in [-0.05, 0) is 86.1 Å². The lowest BCUT2D eigenvalue weighted by Gasteiger charge is -2.30. The molecular formula is C25H22FN3O2S. The maximum absolute atomic E-state index is 13.4. The van der Waals surface area contributed by atoms with Gasteiger partial charge in [0, 0.05) is 17.1 Å². The summed E-state index contributed by atoms with van der Waals surface area (Å²) in [6.45, 7) is 5.80. The largest absolute Gasteiger partial charge is 0.318 e. The average Bonchev–Trinajstić information content (AvgIpc) is 3.05. The van der Waals surface area contributed by atoms with Gasteiger partial charge in [-0.15, -0.1) is 0 Å². The minimum atomic E-state index is -0.531. The smallest absolute Gasteiger partial charge is 0.270 e. The fourth-order valence-corrected chi connectivity index (χ4v) is 4.25. The highest BCUT2D eigenvalue weighted by Gasteiger charge is 2.35. The maximum atomic E-state index is 13.4. The lowest BCUT2D eigenvalue weighted by Crippen LogP contribution is -2.54. The highest BCUT2D eigenvalue weighted by Crippen LogP contribution is 2.28. The van der Waals surface area contributed by atoms with E-state index in [0.29, 0.717) is 12.1 Å². The van der Waals surface area contributed by atoms with Gasteiger partial charge in [0.2, 0.25) is 0 Å². The first kappa shape index (κ1) is 21.6. The van der Waals surface area contributed by atoms with Crippen LogP contribution < -0.4 is 10.2 Å². The van der Waals surface area contributed by atoms with Gasteiger partial charge in [-0.1, -0.05) is 25.1 Å². The second-order valence-corrected chi connectivity index (χ2v) is 7.97. The van der Waals surface area contributed by atoms with Gasteiger partial charge in [-0.25, -0.2) is 4.39 Å². The van der Waals surface area contributed by atoms with Crippen molar-refractivity contribution in [3.8, 4) is 5.69 Å². The Labute approximate surface area is 191 Å². The van der Waals surface area contributed by atoms with Gasteiger partial charge in [0.25, 0.3) is 11.8 Å². The molecule has 1 N–H and O–H groups in total. The monoisotopic (exact) mass is 447 g/mol. The van der Waals surface area contributed by atoms with Crippen LogP contribution in [-0.2, 0) is 16.0 Å². The first-order valence-corrected chi connectivity index (χ1v) is 10.7. The number of nitrogens with one attached hydrogen (secondary N) is 1. The normalized spacial score (nSPS) is 15.4. The number of hydrogen-bond donors (Lipinski definition) is 1. The third-order valence-corrected chi connectivity index (χ3v) is 5.85. The Kier molecular flexibility index (Phi) is 5.76. The van der Waals surface area contributed by atoms with E-state index in [-0.39, 0.29) is 16.5 Å². The maximum Gasteiger partial charge on any atom is 0.270 e. The van der Waals surface area contributed by atoms with E-state index in [2.05, 4.69) is 5.32 Å².